The summed E-state index contributed by atoms with van der Waals surface area (Å²) in [5.74, 6) is 0.533. The SMILES string of the molecule is CCOCCCNC(=S)Nc1cc(S(=O)(=O)N2CCCCC2)ccc1OC. The number of ether oxygens (including phenoxy) is 2. The first-order valence-electron chi connectivity index (χ1n) is 9.30. The molecule has 2 rings (SSSR count). The van der Waals surface area contributed by atoms with Crippen LogP contribution in [-0.4, -0.2) is 57.8 Å². The number of piperidine rings is 1. The average Bonchev–Trinajstić information content (AvgIpc) is 2.68. The van der Waals surface area contributed by atoms with Gasteiger partial charge in [-0.3, -0.25) is 0 Å². The molecule has 1 fully saturated rings. The van der Waals surface area contributed by atoms with Crippen molar-refractivity contribution in [2.24, 2.45) is 0 Å². The summed E-state index contributed by atoms with van der Waals surface area (Å²) < 4.78 is 38.0. The highest BCUT2D eigenvalue weighted by Crippen LogP contribution is 2.29. The van der Waals surface area contributed by atoms with Gasteiger partial charge in [-0.15, -0.1) is 0 Å². The van der Waals surface area contributed by atoms with Crippen LogP contribution in [0.25, 0.3) is 0 Å². The van der Waals surface area contributed by atoms with Crippen LogP contribution in [0.5, 0.6) is 5.75 Å². The predicted octanol–water partition coefficient (Wildman–Crippen LogP) is 2.58. The second kappa shape index (κ2) is 10.8. The van der Waals surface area contributed by atoms with Crippen molar-refractivity contribution in [1.82, 2.24) is 9.62 Å². The van der Waals surface area contributed by atoms with Crippen LogP contribution in [0, 0.1) is 0 Å². The largest absolute Gasteiger partial charge is 0.495 e. The van der Waals surface area contributed by atoms with Gasteiger partial charge in [-0.25, -0.2) is 8.42 Å². The second-order valence-electron chi connectivity index (χ2n) is 6.26. The van der Waals surface area contributed by atoms with Gasteiger partial charge in [0.15, 0.2) is 5.11 Å². The summed E-state index contributed by atoms with van der Waals surface area (Å²) >= 11 is 5.30. The van der Waals surface area contributed by atoms with Gasteiger partial charge in [0.2, 0.25) is 10.0 Å². The number of sulfonamides is 1. The van der Waals surface area contributed by atoms with Crippen molar-refractivity contribution in [2.45, 2.75) is 37.5 Å². The number of hydrogen-bond donors (Lipinski definition) is 2. The van der Waals surface area contributed by atoms with E-state index >= 15 is 0 Å². The fourth-order valence-corrected chi connectivity index (χ4v) is 4.64. The lowest BCUT2D eigenvalue weighted by Gasteiger charge is -2.26. The van der Waals surface area contributed by atoms with Crippen molar-refractivity contribution in [3.63, 3.8) is 0 Å². The first-order valence-corrected chi connectivity index (χ1v) is 11.1. The van der Waals surface area contributed by atoms with E-state index in [0.717, 1.165) is 25.7 Å². The quantitative estimate of drug-likeness (QED) is 0.474. The van der Waals surface area contributed by atoms with Gasteiger partial charge < -0.3 is 20.1 Å². The smallest absolute Gasteiger partial charge is 0.243 e. The topological polar surface area (TPSA) is 79.9 Å². The molecule has 1 aromatic rings. The maximum atomic E-state index is 12.9. The molecule has 0 spiro atoms. The first kappa shape index (κ1) is 21.9. The zero-order valence-electron chi connectivity index (χ0n) is 16.0. The average molecular weight is 416 g/mol. The number of nitrogens with zero attached hydrogens (tertiary/aromatic N) is 1. The van der Waals surface area contributed by atoms with Crippen molar-refractivity contribution in [2.75, 3.05) is 45.3 Å². The Morgan fingerprint density at radius 2 is 2.00 bits per heavy atom. The van der Waals surface area contributed by atoms with E-state index in [2.05, 4.69) is 10.6 Å². The van der Waals surface area contributed by atoms with Crippen LogP contribution >= 0.6 is 12.2 Å². The molecule has 1 heterocycles. The number of benzene rings is 1. The summed E-state index contributed by atoms with van der Waals surface area (Å²) in [6, 6.07) is 4.81. The number of nitrogens with one attached hydrogen (secondary N) is 2. The molecule has 0 aliphatic carbocycles. The van der Waals surface area contributed by atoms with E-state index in [1.807, 2.05) is 6.92 Å². The van der Waals surface area contributed by atoms with Crippen LogP contribution in [0.2, 0.25) is 0 Å². The summed E-state index contributed by atoms with van der Waals surface area (Å²) in [7, 11) is -1.98. The van der Waals surface area contributed by atoms with E-state index in [4.69, 9.17) is 21.7 Å². The zero-order chi connectivity index (χ0) is 19.7. The van der Waals surface area contributed by atoms with Crippen LogP contribution in [0.15, 0.2) is 23.1 Å². The molecule has 152 valence electrons. The number of methoxy groups -OCH3 is 1. The van der Waals surface area contributed by atoms with Crippen LogP contribution in [0.1, 0.15) is 32.6 Å². The van der Waals surface area contributed by atoms with Gasteiger partial charge >= 0.3 is 0 Å². The van der Waals surface area contributed by atoms with Gasteiger partial charge in [-0.1, -0.05) is 6.42 Å². The van der Waals surface area contributed by atoms with E-state index in [9.17, 15) is 8.42 Å². The molecule has 1 aliphatic heterocycles. The first-order chi connectivity index (χ1) is 13.0. The van der Waals surface area contributed by atoms with E-state index in [1.165, 1.54) is 7.11 Å². The summed E-state index contributed by atoms with van der Waals surface area (Å²) in [6.07, 6.45) is 3.70. The monoisotopic (exact) mass is 415 g/mol. The van der Waals surface area contributed by atoms with E-state index < -0.39 is 10.0 Å². The van der Waals surface area contributed by atoms with Crippen molar-refractivity contribution in [1.29, 1.82) is 0 Å². The maximum Gasteiger partial charge on any atom is 0.243 e. The Labute approximate surface area is 167 Å². The van der Waals surface area contributed by atoms with Crippen LogP contribution < -0.4 is 15.4 Å². The molecule has 0 saturated carbocycles. The van der Waals surface area contributed by atoms with E-state index in [-0.39, 0.29) is 4.90 Å². The lowest BCUT2D eigenvalue weighted by Crippen LogP contribution is -2.35. The summed E-state index contributed by atoms with van der Waals surface area (Å²) in [4.78, 5) is 0.242. The van der Waals surface area contributed by atoms with E-state index in [0.29, 0.717) is 49.4 Å². The minimum absolute atomic E-state index is 0.242. The van der Waals surface area contributed by atoms with Gasteiger partial charge in [0.1, 0.15) is 5.75 Å². The lowest BCUT2D eigenvalue weighted by atomic mass is 10.2. The minimum atomic E-state index is -3.51. The van der Waals surface area contributed by atoms with Crippen molar-refractivity contribution in [3.05, 3.63) is 18.2 Å². The molecule has 0 radical (unpaired) electrons. The molecule has 0 bridgehead atoms. The Morgan fingerprint density at radius 1 is 1.26 bits per heavy atom. The molecule has 27 heavy (non-hydrogen) atoms. The molecule has 0 amide bonds. The third kappa shape index (κ3) is 6.31. The normalized spacial score (nSPS) is 15.3. The highest BCUT2D eigenvalue weighted by Gasteiger charge is 2.26. The standard InChI is InChI=1S/C18H29N3O4S2/c1-3-25-13-7-10-19-18(26)20-16-14-15(8-9-17(16)24-2)27(22,23)21-11-5-4-6-12-21/h8-9,14H,3-7,10-13H2,1-2H3,(H2,19,20,26). The van der Waals surface area contributed by atoms with Gasteiger partial charge in [-0.2, -0.15) is 4.31 Å². The third-order valence-electron chi connectivity index (χ3n) is 4.33. The molecule has 2 N–H and O–H groups in total. The van der Waals surface area contributed by atoms with Gasteiger partial charge in [0.25, 0.3) is 0 Å². The van der Waals surface area contributed by atoms with Gasteiger partial charge in [-0.05, 0) is 56.6 Å². The molecule has 7 nitrogen and oxygen atoms in total. The van der Waals surface area contributed by atoms with Crippen LogP contribution in [0.4, 0.5) is 5.69 Å². The fourth-order valence-electron chi connectivity index (χ4n) is 2.89. The molecular formula is C18H29N3O4S2. The molecule has 9 heteroatoms. The summed E-state index contributed by atoms with van der Waals surface area (Å²) in [5, 5.41) is 6.54. The molecular weight excluding hydrogens is 386 g/mol. The molecule has 0 aromatic heterocycles. The Balaban J connectivity index is 2.07. The highest BCUT2D eigenvalue weighted by atomic mass is 32.2. The Kier molecular flexibility index (Phi) is 8.75. The Bertz CT molecular complexity index is 719. The van der Waals surface area contributed by atoms with E-state index in [1.54, 1.807) is 22.5 Å². The lowest BCUT2D eigenvalue weighted by molar-refractivity contribution is 0.146. The Hall–Kier alpha value is -1.42. The maximum absolute atomic E-state index is 12.9. The molecule has 1 aromatic carbocycles. The van der Waals surface area contributed by atoms with Gasteiger partial charge in [0, 0.05) is 32.8 Å². The second-order valence-corrected chi connectivity index (χ2v) is 8.60. The third-order valence-corrected chi connectivity index (χ3v) is 6.47. The molecule has 0 atom stereocenters. The Morgan fingerprint density at radius 3 is 2.67 bits per heavy atom. The zero-order valence-corrected chi connectivity index (χ0v) is 17.6. The number of thiocarbonyl (C=S) groups is 1. The minimum Gasteiger partial charge on any atom is -0.495 e. The summed E-state index contributed by atoms with van der Waals surface area (Å²) in [5.41, 5.74) is 0.526. The van der Waals surface area contributed by atoms with Crippen molar-refractivity contribution in [3.8, 4) is 5.75 Å². The van der Waals surface area contributed by atoms with Crippen LogP contribution in [0.3, 0.4) is 0 Å². The molecule has 1 saturated heterocycles. The van der Waals surface area contributed by atoms with Gasteiger partial charge in [0.05, 0.1) is 17.7 Å². The number of hydrogen-bond acceptors (Lipinski definition) is 5. The fraction of sp³-hybridized carbons (Fsp3) is 0.611. The predicted molar refractivity (Wildman–Crippen MR) is 111 cm³/mol. The van der Waals surface area contributed by atoms with Crippen molar-refractivity contribution < 1.29 is 17.9 Å². The number of rotatable bonds is 9. The van der Waals surface area contributed by atoms with Crippen LogP contribution in [-0.2, 0) is 14.8 Å². The highest BCUT2D eigenvalue weighted by molar-refractivity contribution is 7.89. The number of anilines is 1. The molecule has 0 unspecified atom stereocenters. The summed E-state index contributed by atoms with van der Waals surface area (Å²) in [6.45, 7) is 5.11. The molecule has 1 aliphatic rings. The van der Waals surface area contributed by atoms with Crippen molar-refractivity contribution >= 4 is 33.0 Å².